The third-order valence-corrected chi connectivity index (χ3v) is 6.77. The second kappa shape index (κ2) is 9.99. The molecule has 1 amide bonds. The van der Waals surface area contributed by atoms with Crippen molar-refractivity contribution in [2.45, 2.75) is 32.2 Å². The van der Waals surface area contributed by atoms with Crippen LogP contribution in [-0.2, 0) is 6.54 Å². The number of piperidine rings is 1. The lowest BCUT2D eigenvalue weighted by atomic mass is 9.96. The van der Waals surface area contributed by atoms with Crippen molar-refractivity contribution in [2.24, 2.45) is 5.92 Å². The number of aromatic nitrogens is 1. The van der Waals surface area contributed by atoms with Crippen LogP contribution < -0.4 is 10.2 Å². The van der Waals surface area contributed by atoms with Crippen molar-refractivity contribution < 1.29 is 4.79 Å². The van der Waals surface area contributed by atoms with Crippen molar-refractivity contribution >= 4 is 34.9 Å². The van der Waals surface area contributed by atoms with Crippen molar-refractivity contribution in [1.29, 1.82) is 0 Å². The lowest BCUT2D eigenvalue weighted by Gasteiger charge is -2.32. The van der Waals surface area contributed by atoms with Gasteiger partial charge in [-0.05, 0) is 68.5 Å². The zero-order valence-electron chi connectivity index (χ0n) is 17.1. The number of pyridine rings is 1. The predicted molar refractivity (Wildman–Crippen MR) is 122 cm³/mol. The van der Waals surface area contributed by atoms with Gasteiger partial charge in [-0.25, -0.2) is 4.98 Å². The highest BCUT2D eigenvalue weighted by molar-refractivity contribution is 6.42. The van der Waals surface area contributed by atoms with E-state index in [4.69, 9.17) is 28.2 Å². The van der Waals surface area contributed by atoms with Crippen LogP contribution in [0, 0.1) is 5.92 Å². The van der Waals surface area contributed by atoms with Crippen LogP contribution in [0.3, 0.4) is 0 Å². The lowest BCUT2D eigenvalue weighted by molar-refractivity contribution is 0.0690. The Balaban J connectivity index is 1.22. The molecular weight excluding hydrogens is 419 g/mol. The highest BCUT2D eigenvalue weighted by Gasteiger charge is 2.24. The summed E-state index contributed by atoms with van der Waals surface area (Å²) in [6.07, 6.45) is 4.52. The fourth-order valence-electron chi connectivity index (χ4n) is 4.24. The Labute approximate surface area is 188 Å². The summed E-state index contributed by atoms with van der Waals surface area (Å²) in [6, 6.07) is 11.4. The van der Waals surface area contributed by atoms with E-state index >= 15 is 0 Å². The zero-order valence-corrected chi connectivity index (χ0v) is 18.6. The van der Waals surface area contributed by atoms with Gasteiger partial charge in [-0.1, -0.05) is 29.3 Å². The topological polar surface area (TPSA) is 48.5 Å². The summed E-state index contributed by atoms with van der Waals surface area (Å²) in [5.74, 6) is 1.70. The molecule has 0 radical (unpaired) electrons. The smallest absolute Gasteiger partial charge is 0.253 e. The second-order valence-electron chi connectivity index (χ2n) is 8.18. The van der Waals surface area contributed by atoms with E-state index in [0.29, 0.717) is 21.5 Å². The molecule has 30 heavy (non-hydrogen) atoms. The van der Waals surface area contributed by atoms with Crippen molar-refractivity contribution in [3.05, 3.63) is 57.7 Å². The van der Waals surface area contributed by atoms with Gasteiger partial charge in [0.05, 0.1) is 15.7 Å². The van der Waals surface area contributed by atoms with Crippen LogP contribution in [0.15, 0.2) is 36.4 Å². The number of rotatable bonds is 6. The number of anilines is 1. The van der Waals surface area contributed by atoms with Crippen LogP contribution in [0.4, 0.5) is 5.82 Å². The molecule has 3 heterocycles. The van der Waals surface area contributed by atoms with Gasteiger partial charge < -0.3 is 15.1 Å². The first kappa shape index (κ1) is 21.4. The van der Waals surface area contributed by atoms with Crippen LogP contribution in [0.5, 0.6) is 0 Å². The number of hydrogen-bond acceptors (Lipinski definition) is 4. The number of hydrogen-bond donors (Lipinski definition) is 1. The van der Waals surface area contributed by atoms with Crippen LogP contribution in [0.1, 0.15) is 41.7 Å². The molecule has 0 atom stereocenters. The molecule has 0 aliphatic carbocycles. The Morgan fingerprint density at radius 2 is 1.80 bits per heavy atom. The van der Waals surface area contributed by atoms with E-state index in [9.17, 15) is 4.79 Å². The summed E-state index contributed by atoms with van der Waals surface area (Å²) in [4.78, 5) is 21.8. The predicted octanol–water partition coefficient (Wildman–Crippen LogP) is 4.63. The average molecular weight is 447 g/mol. The van der Waals surface area contributed by atoms with Gasteiger partial charge in [0.2, 0.25) is 0 Å². The quantitative estimate of drug-likeness (QED) is 0.702. The fraction of sp³-hybridized carbons (Fsp3) is 0.478. The molecule has 1 aromatic carbocycles. The first-order valence-electron chi connectivity index (χ1n) is 10.8. The van der Waals surface area contributed by atoms with E-state index in [2.05, 4.69) is 28.4 Å². The van der Waals surface area contributed by atoms with Gasteiger partial charge in [-0.15, -0.1) is 0 Å². The van der Waals surface area contributed by atoms with Gasteiger partial charge in [0, 0.05) is 38.3 Å². The highest BCUT2D eigenvalue weighted by Crippen LogP contribution is 2.25. The molecule has 5 nitrogen and oxygen atoms in total. The first-order valence-corrected chi connectivity index (χ1v) is 11.5. The summed E-state index contributed by atoms with van der Waals surface area (Å²) in [7, 11) is 0. The van der Waals surface area contributed by atoms with E-state index in [1.54, 1.807) is 18.2 Å². The minimum Gasteiger partial charge on any atom is -0.357 e. The number of halogens is 2. The minimum atomic E-state index is 0.0305. The molecule has 2 fully saturated rings. The molecule has 1 N–H and O–H groups in total. The van der Waals surface area contributed by atoms with Gasteiger partial charge in [-0.3, -0.25) is 4.79 Å². The average Bonchev–Trinajstić information content (AvgIpc) is 3.31. The number of amides is 1. The lowest BCUT2D eigenvalue weighted by Crippen LogP contribution is -2.40. The Bertz CT molecular complexity index is 877. The molecule has 0 spiro atoms. The van der Waals surface area contributed by atoms with Gasteiger partial charge in [0.1, 0.15) is 5.82 Å². The molecule has 0 unspecified atom stereocenters. The summed E-state index contributed by atoms with van der Waals surface area (Å²) in [6.45, 7) is 5.50. The normalized spacial score (nSPS) is 17.5. The molecule has 0 bridgehead atoms. The summed E-state index contributed by atoms with van der Waals surface area (Å²) >= 11 is 12.0. The molecule has 160 valence electrons. The minimum absolute atomic E-state index is 0.0305. The maximum Gasteiger partial charge on any atom is 0.253 e. The standard InChI is InChI=1S/C23H28Cl2N4O/c24-20-7-6-18(14-21(20)25)23(30)29-12-8-17(9-13-29)15-26-16-19-4-3-5-22(27-19)28-10-1-2-11-28/h3-7,14,17,26H,1-2,8-13,15-16H2. The molecule has 2 saturated heterocycles. The zero-order chi connectivity index (χ0) is 20.9. The van der Waals surface area contributed by atoms with E-state index < -0.39 is 0 Å². The molecule has 0 saturated carbocycles. The number of nitrogens with zero attached hydrogens (tertiary/aromatic N) is 3. The summed E-state index contributed by atoms with van der Waals surface area (Å²) < 4.78 is 0. The Morgan fingerprint density at radius 3 is 2.53 bits per heavy atom. The van der Waals surface area contributed by atoms with Crippen LogP contribution in [0.2, 0.25) is 10.0 Å². The van der Waals surface area contributed by atoms with Crippen molar-refractivity contribution in [3.63, 3.8) is 0 Å². The number of nitrogens with one attached hydrogen (secondary N) is 1. The molecule has 4 rings (SSSR count). The second-order valence-corrected chi connectivity index (χ2v) is 8.99. The third kappa shape index (κ3) is 5.26. The van der Waals surface area contributed by atoms with Crippen molar-refractivity contribution in [2.75, 3.05) is 37.6 Å². The molecule has 7 heteroatoms. The van der Waals surface area contributed by atoms with E-state index in [-0.39, 0.29) is 5.91 Å². The Hall–Kier alpha value is -1.82. The van der Waals surface area contributed by atoms with Crippen molar-refractivity contribution in [1.82, 2.24) is 15.2 Å². The third-order valence-electron chi connectivity index (χ3n) is 6.03. The monoisotopic (exact) mass is 446 g/mol. The molecule has 1 aromatic heterocycles. The molecule has 2 aliphatic rings. The molecule has 2 aliphatic heterocycles. The van der Waals surface area contributed by atoms with Crippen LogP contribution in [0.25, 0.3) is 0 Å². The van der Waals surface area contributed by atoms with Gasteiger partial charge >= 0.3 is 0 Å². The van der Waals surface area contributed by atoms with Gasteiger partial charge in [0.15, 0.2) is 0 Å². The van der Waals surface area contributed by atoms with Gasteiger partial charge in [0.25, 0.3) is 5.91 Å². The number of carbonyl (C=O) groups is 1. The number of benzene rings is 1. The van der Waals surface area contributed by atoms with E-state index in [1.165, 1.54) is 12.8 Å². The van der Waals surface area contributed by atoms with E-state index in [0.717, 1.165) is 63.6 Å². The van der Waals surface area contributed by atoms with Crippen LogP contribution >= 0.6 is 23.2 Å². The Kier molecular flexibility index (Phi) is 7.13. The maximum atomic E-state index is 12.7. The van der Waals surface area contributed by atoms with Gasteiger partial charge in [-0.2, -0.15) is 0 Å². The molecule has 2 aromatic rings. The highest BCUT2D eigenvalue weighted by atomic mass is 35.5. The Morgan fingerprint density at radius 1 is 1.03 bits per heavy atom. The largest absolute Gasteiger partial charge is 0.357 e. The number of carbonyl (C=O) groups excluding carboxylic acids is 1. The molecular formula is C23H28Cl2N4O. The van der Waals surface area contributed by atoms with E-state index in [1.807, 2.05) is 4.90 Å². The summed E-state index contributed by atoms with van der Waals surface area (Å²) in [5, 5.41) is 4.45. The fourth-order valence-corrected chi connectivity index (χ4v) is 4.54. The SMILES string of the molecule is O=C(c1ccc(Cl)c(Cl)c1)N1CCC(CNCc2cccc(N3CCCC3)n2)CC1. The van der Waals surface area contributed by atoms with Crippen molar-refractivity contribution in [3.8, 4) is 0 Å². The van der Waals surface area contributed by atoms with Crippen LogP contribution in [-0.4, -0.2) is 48.5 Å². The maximum absolute atomic E-state index is 12.7. The number of likely N-dealkylation sites (tertiary alicyclic amines) is 1. The first-order chi connectivity index (χ1) is 14.6. The summed E-state index contributed by atoms with van der Waals surface area (Å²) in [5.41, 5.74) is 1.69.